The highest BCUT2D eigenvalue weighted by Gasteiger charge is 2.34. The summed E-state index contributed by atoms with van der Waals surface area (Å²) in [5, 5.41) is 10.5. The van der Waals surface area contributed by atoms with Crippen molar-refractivity contribution in [2.45, 2.75) is 44.8 Å². The summed E-state index contributed by atoms with van der Waals surface area (Å²) in [5.41, 5.74) is 0.139. The minimum Gasteiger partial charge on any atom is -0.462 e. The number of halogens is 4. The molecule has 6 rings (SSSR count). The molecule has 1 unspecified atom stereocenters. The number of benzene rings is 2. The van der Waals surface area contributed by atoms with Crippen LogP contribution in [0, 0.1) is 23.0 Å². The van der Waals surface area contributed by atoms with Crippen LogP contribution in [0.5, 0.6) is 6.01 Å². The molecule has 4 heterocycles. The number of nitriles is 1. The Morgan fingerprint density at radius 3 is 2.67 bits per heavy atom. The number of hydrogen-bond acceptors (Lipinski definition) is 8. The van der Waals surface area contributed by atoms with E-state index in [2.05, 4.69) is 46.3 Å². The number of fused-ring (bicyclic) bond motifs is 2. The highest BCUT2D eigenvalue weighted by molar-refractivity contribution is 6.36. The number of rotatable bonds is 8. The van der Waals surface area contributed by atoms with Crippen molar-refractivity contribution in [1.82, 2.24) is 24.8 Å². The van der Waals surface area contributed by atoms with Gasteiger partial charge in [0.1, 0.15) is 29.5 Å². The van der Waals surface area contributed by atoms with Gasteiger partial charge < -0.3 is 14.5 Å². The molecule has 0 aliphatic carbocycles. The number of ether oxygens (including phenoxy) is 1. The molecule has 0 N–H and O–H groups in total. The molecule has 2 aromatic carbocycles. The van der Waals surface area contributed by atoms with E-state index in [1.165, 1.54) is 17.2 Å². The van der Waals surface area contributed by atoms with Crippen LogP contribution in [0.15, 0.2) is 48.9 Å². The Bertz CT molecular complexity index is 1900. The fourth-order valence-electron chi connectivity index (χ4n) is 6.26. The number of piperazine rings is 1. The molecule has 4 aromatic rings. The predicted octanol–water partition coefficient (Wildman–Crippen LogP) is 6.05. The summed E-state index contributed by atoms with van der Waals surface area (Å²) in [6.07, 6.45) is 2.31. The maximum atomic E-state index is 16.6. The summed E-state index contributed by atoms with van der Waals surface area (Å²) in [5.74, 6) is -3.12. The third-order valence-corrected chi connectivity index (χ3v) is 9.06. The minimum absolute atomic E-state index is 0.0522. The first-order valence-electron chi connectivity index (χ1n) is 15.0. The average Bonchev–Trinajstić information content (AvgIpc) is 3.01. The molecule has 0 spiro atoms. The lowest BCUT2D eigenvalue weighted by atomic mass is 10.0. The van der Waals surface area contributed by atoms with Crippen molar-refractivity contribution in [2.75, 3.05) is 37.7 Å². The lowest BCUT2D eigenvalue weighted by molar-refractivity contribution is -0.131. The van der Waals surface area contributed by atoms with Crippen molar-refractivity contribution in [3.63, 3.8) is 0 Å². The van der Waals surface area contributed by atoms with Gasteiger partial charge in [0.25, 0.3) is 5.91 Å². The summed E-state index contributed by atoms with van der Waals surface area (Å²) in [4.78, 5) is 31.4. The molecule has 13 heteroatoms. The fourth-order valence-corrected chi connectivity index (χ4v) is 6.54. The summed E-state index contributed by atoms with van der Waals surface area (Å²) < 4.78 is 51.0. The molecule has 238 valence electrons. The van der Waals surface area contributed by atoms with Crippen molar-refractivity contribution < 1.29 is 22.7 Å². The zero-order chi connectivity index (χ0) is 32.7. The summed E-state index contributed by atoms with van der Waals surface area (Å²) in [6.45, 7) is 8.96. The second kappa shape index (κ2) is 12.7. The third-order valence-electron chi connectivity index (χ3n) is 8.69. The van der Waals surface area contributed by atoms with Crippen LogP contribution in [0.2, 0.25) is 5.02 Å². The molecule has 1 amide bonds. The first-order chi connectivity index (χ1) is 22.1. The van der Waals surface area contributed by atoms with E-state index in [9.17, 15) is 18.8 Å². The Hall–Kier alpha value is -4.47. The van der Waals surface area contributed by atoms with Crippen LogP contribution in [0.25, 0.3) is 32.9 Å². The lowest BCUT2D eigenvalue weighted by Gasteiger charge is -2.43. The Morgan fingerprint density at radius 2 is 1.98 bits per heavy atom. The van der Waals surface area contributed by atoms with E-state index in [0.29, 0.717) is 34.8 Å². The minimum atomic E-state index is -1.11. The zero-order valence-electron chi connectivity index (χ0n) is 25.3. The predicted molar refractivity (Wildman–Crippen MR) is 169 cm³/mol. The highest BCUT2D eigenvalue weighted by atomic mass is 35.5. The number of anilines is 1. The SMILES string of the molecule is C=C(F)C(=O)N1CCN(c2nc(OCC3CCN3C(C)C)nc3c(F)c(-c4cccc5ccc(F)c(Cl)c45)ncc23)C[C@@H]1CC#N. The monoisotopic (exact) mass is 649 g/mol. The molecule has 9 nitrogen and oxygen atoms in total. The highest BCUT2D eigenvalue weighted by Crippen LogP contribution is 2.38. The van der Waals surface area contributed by atoms with E-state index in [-0.39, 0.29) is 59.7 Å². The van der Waals surface area contributed by atoms with Crippen molar-refractivity contribution >= 4 is 45.0 Å². The number of pyridine rings is 1. The summed E-state index contributed by atoms with van der Waals surface area (Å²) in [6, 6.07) is 9.69. The standard InChI is InChI=1S/C33H31ClF3N7O2/c1-18(2)43-12-10-22(43)17-46-33-40-30-24(31(41-33)42-13-14-44(32(45)19(3)35)21(16-42)9-11-38)15-39-29(28(30)37)23-6-4-5-20-7-8-25(36)27(34)26(20)23/h4-8,15,18,21-22H,3,9-10,12-14,16-17H2,1-2H3/t21-,22?/m0/s1. The van der Waals surface area contributed by atoms with Gasteiger partial charge in [0.05, 0.1) is 28.9 Å². The lowest BCUT2D eigenvalue weighted by Crippen LogP contribution is -2.55. The van der Waals surface area contributed by atoms with Gasteiger partial charge in [0.15, 0.2) is 11.6 Å². The van der Waals surface area contributed by atoms with E-state index in [4.69, 9.17) is 16.3 Å². The number of carbonyl (C=O) groups excluding carboxylic acids is 1. The zero-order valence-corrected chi connectivity index (χ0v) is 26.1. The number of carbonyl (C=O) groups is 1. The Balaban J connectivity index is 1.45. The third kappa shape index (κ3) is 5.69. The molecule has 0 saturated carbocycles. The largest absolute Gasteiger partial charge is 0.462 e. The van der Waals surface area contributed by atoms with Crippen molar-refractivity contribution in [3.8, 4) is 23.3 Å². The van der Waals surface area contributed by atoms with Crippen LogP contribution >= 0.6 is 11.6 Å². The van der Waals surface area contributed by atoms with Crippen molar-refractivity contribution in [1.29, 1.82) is 5.26 Å². The van der Waals surface area contributed by atoms with Gasteiger partial charge in [-0.3, -0.25) is 14.7 Å². The van der Waals surface area contributed by atoms with Crippen LogP contribution in [-0.2, 0) is 4.79 Å². The normalized spacial score (nSPS) is 18.6. The van der Waals surface area contributed by atoms with Crippen LogP contribution in [0.4, 0.5) is 19.0 Å². The van der Waals surface area contributed by atoms with Crippen molar-refractivity contribution in [3.05, 3.63) is 65.6 Å². The van der Waals surface area contributed by atoms with E-state index in [0.717, 1.165) is 13.0 Å². The van der Waals surface area contributed by atoms with Crippen LogP contribution < -0.4 is 9.64 Å². The van der Waals surface area contributed by atoms with Gasteiger partial charge in [-0.15, -0.1) is 0 Å². The van der Waals surface area contributed by atoms with Gasteiger partial charge in [0.2, 0.25) is 0 Å². The Labute approximate surface area is 268 Å². The average molecular weight is 650 g/mol. The van der Waals surface area contributed by atoms with Crippen LogP contribution in [0.3, 0.4) is 0 Å². The number of amides is 1. The van der Waals surface area contributed by atoms with Gasteiger partial charge in [-0.05, 0) is 31.7 Å². The molecule has 0 bridgehead atoms. The quantitative estimate of drug-likeness (QED) is 0.213. The smallest absolute Gasteiger partial charge is 0.319 e. The summed E-state index contributed by atoms with van der Waals surface area (Å²) in [7, 11) is 0. The molecule has 2 atom stereocenters. The molecule has 2 fully saturated rings. The first kappa shape index (κ1) is 31.5. The Morgan fingerprint density at radius 1 is 1.17 bits per heavy atom. The van der Waals surface area contributed by atoms with Gasteiger partial charge in [-0.25, -0.2) is 13.2 Å². The molecule has 46 heavy (non-hydrogen) atoms. The molecule has 0 radical (unpaired) electrons. The van der Waals surface area contributed by atoms with Gasteiger partial charge in [-0.2, -0.15) is 15.2 Å². The Kier molecular flexibility index (Phi) is 8.72. The topological polar surface area (TPSA) is 98.5 Å². The molecule has 2 saturated heterocycles. The van der Waals surface area contributed by atoms with E-state index < -0.39 is 29.4 Å². The second-order valence-electron chi connectivity index (χ2n) is 11.7. The van der Waals surface area contributed by atoms with E-state index >= 15 is 4.39 Å². The molecule has 2 aromatic heterocycles. The second-order valence-corrected chi connectivity index (χ2v) is 12.1. The van der Waals surface area contributed by atoms with Crippen molar-refractivity contribution in [2.24, 2.45) is 0 Å². The number of likely N-dealkylation sites (tertiary alicyclic amines) is 1. The van der Waals surface area contributed by atoms with Crippen LogP contribution in [-0.4, -0.2) is 81.6 Å². The van der Waals surface area contributed by atoms with E-state index in [1.807, 2.05) is 0 Å². The van der Waals surface area contributed by atoms with Gasteiger partial charge in [0, 0.05) is 55.4 Å². The molecular weight excluding hydrogens is 619 g/mol. The van der Waals surface area contributed by atoms with Gasteiger partial charge >= 0.3 is 6.01 Å². The maximum Gasteiger partial charge on any atom is 0.319 e. The molecule has 2 aliphatic heterocycles. The first-order valence-corrected chi connectivity index (χ1v) is 15.4. The molecule has 2 aliphatic rings. The fraction of sp³-hybridized carbons (Fsp3) is 0.364. The summed E-state index contributed by atoms with van der Waals surface area (Å²) >= 11 is 6.36. The van der Waals surface area contributed by atoms with E-state index in [1.54, 1.807) is 29.2 Å². The number of hydrogen-bond donors (Lipinski definition) is 0. The molecular formula is C33H31ClF3N7O2. The number of aromatic nitrogens is 3. The van der Waals surface area contributed by atoms with Crippen LogP contribution in [0.1, 0.15) is 26.7 Å². The number of nitrogens with zero attached hydrogens (tertiary/aromatic N) is 7. The maximum absolute atomic E-state index is 16.6. The van der Waals surface area contributed by atoms with Gasteiger partial charge in [-0.1, -0.05) is 42.4 Å².